The van der Waals surface area contributed by atoms with Crippen molar-refractivity contribution in [3.8, 4) is 0 Å². The third-order valence-electron chi connectivity index (χ3n) is 4.05. The van der Waals surface area contributed by atoms with E-state index in [1.807, 2.05) is 12.1 Å². The van der Waals surface area contributed by atoms with Gasteiger partial charge < -0.3 is 10.1 Å². The minimum atomic E-state index is -0.253. The lowest BCUT2D eigenvalue weighted by molar-refractivity contribution is -0.0968. The highest BCUT2D eigenvalue weighted by atomic mass is 19.1. The summed E-state index contributed by atoms with van der Waals surface area (Å²) < 4.78 is 19.2. The minimum Gasteiger partial charge on any atom is -0.370 e. The fourth-order valence-electron chi connectivity index (χ4n) is 2.88. The molecule has 1 saturated heterocycles. The van der Waals surface area contributed by atoms with Gasteiger partial charge in [-0.15, -0.1) is 0 Å². The maximum Gasteiger partial charge on any atom is 0.123 e. The Kier molecular flexibility index (Phi) is 4.94. The second kappa shape index (κ2) is 6.49. The molecule has 0 radical (unpaired) electrons. The van der Waals surface area contributed by atoms with Gasteiger partial charge in [0.25, 0.3) is 0 Å². The predicted octanol–water partition coefficient (Wildman–Crippen LogP) is 3.61. The van der Waals surface area contributed by atoms with Gasteiger partial charge in [-0.3, -0.25) is 0 Å². The van der Waals surface area contributed by atoms with Crippen molar-refractivity contribution in [2.24, 2.45) is 0 Å². The highest BCUT2D eigenvalue weighted by Crippen LogP contribution is 2.38. The molecule has 1 N–H and O–H groups in total. The minimum absolute atomic E-state index is 0.188. The Morgan fingerprint density at radius 1 is 1.32 bits per heavy atom. The van der Waals surface area contributed by atoms with Crippen LogP contribution in [0.2, 0.25) is 0 Å². The van der Waals surface area contributed by atoms with Crippen LogP contribution in [0.25, 0.3) is 0 Å². The van der Waals surface area contributed by atoms with E-state index in [-0.39, 0.29) is 11.4 Å². The van der Waals surface area contributed by atoms with Crippen LogP contribution in [-0.4, -0.2) is 19.2 Å². The summed E-state index contributed by atoms with van der Waals surface area (Å²) in [6, 6.07) is 7.28. The van der Waals surface area contributed by atoms with Crippen molar-refractivity contribution in [2.45, 2.75) is 51.2 Å². The number of rotatable bonds is 5. The lowest BCUT2D eigenvalue weighted by Gasteiger charge is -2.41. The van der Waals surface area contributed by atoms with E-state index in [0.717, 1.165) is 44.4 Å². The zero-order valence-electron chi connectivity index (χ0n) is 11.9. The highest BCUT2D eigenvalue weighted by molar-refractivity contribution is 5.24. The van der Waals surface area contributed by atoms with Crippen LogP contribution in [0.3, 0.4) is 0 Å². The van der Waals surface area contributed by atoms with E-state index in [2.05, 4.69) is 19.2 Å². The fourth-order valence-corrected chi connectivity index (χ4v) is 2.88. The zero-order chi connectivity index (χ0) is 13.7. The van der Waals surface area contributed by atoms with Crippen molar-refractivity contribution < 1.29 is 9.13 Å². The number of hydrogen-bond donors (Lipinski definition) is 1. The molecule has 106 valence electrons. The van der Waals surface area contributed by atoms with Crippen molar-refractivity contribution in [3.63, 3.8) is 0 Å². The monoisotopic (exact) mass is 265 g/mol. The van der Waals surface area contributed by atoms with Gasteiger partial charge in [0, 0.05) is 12.6 Å². The molecule has 1 fully saturated rings. The third kappa shape index (κ3) is 3.34. The molecule has 2 unspecified atom stereocenters. The maximum absolute atomic E-state index is 13.1. The fraction of sp³-hybridized carbons (Fsp3) is 0.625. The first kappa shape index (κ1) is 14.5. The van der Waals surface area contributed by atoms with Gasteiger partial charge in [0.15, 0.2) is 0 Å². The second-order valence-electron chi connectivity index (χ2n) is 5.35. The first-order valence-corrected chi connectivity index (χ1v) is 7.33. The van der Waals surface area contributed by atoms with E-state index in [1.165, 1.54) is 12.1 Å². The molecule has 1 aliphatic rings. The summed E-state index contributed by atoms with van der Waals surface area (Å²) in [6.07, 6.45) is 4.09. The lowest BCUT2D eigenvalue weighted by atomic mass is 9.82. The molecule has 1 heterocycles. The molecular formula is C16H24FNO. The Balaban J connectivity index is 2.14. The van der Waals surface area contributed by atoms with E-state index in [1.54, 1.807) is 0 Å². The molecule has 1 aromatic carbocycles. The van der Waals surface area contributed by atoms with Crippen LogP contribution in [0.4, 0.5) is 4.39 Å². The number of halogens is 1. The molecule has 0 saturated carbocycles. The van der Waals surface area contributed by atoms with Crippen molar-refractivity contribution >= 4 is 0 Å². The summed E-state index contributed by atoms with van der Waals surface area (Å²) in [5.74, 6) is -0.188. The smallest absolute Gasteiger partial charge is 0.123 e. The molecule has 0 spiro atoms. The third-order valence-corrected chi connectivity index (χ3v) is 4.05. The van der Waals surface area contributed by atoms with E-state index in [9.17, 15) is 4.39 Å². The SMILES string of the molecule is CCCNC1CCOC(CC)(c2ccc(F)cc2)C1. The van der Waals surface area contributed by atoms with Crippen LogP contribution in [0.5, 0.6) is 0 Å². The average Bonchev–Trinajstić information content (AvgIpc) is 2.46. The summed E-state index contributed by atoms with van der Waals surface area (Å²) >= 11 is 0. The lowest BCUT2D eigenvalue weighted by Crippen LogP contribution is -2.45. The average molecular weight is 265 g/mol. The Labute approximate surface area is 115 Å². The van der Waals surface area contributed by atoms with E-state index < -0.39 is 0 Å². The van der Waals surface area contributed by atoms with Gasteiger partial charge in [0.1, 0.15) is 5.82 Å². The Bertz CT molecular complexity index is 392. The maximum atomic E-state index is 13.1. The number of ether oxygens (including phenoxy) is 1. The molecule has 0 bridgehead atoms. The molecule has 2 atom stereocenters. The van der Waals surface area contributed by atoms with Gasteiger partial charge in [-0.05, 0) is 49.9 Å². The first-order valence-electron chi connectivity index (χ1n) is 7.33. The molecule has 2 rings (SSSR count). The summed E-state index contributed by atoms with van der Waals surface area (Å²) in [5.41, 5.74) is 0.844. The summed E-state index contributed by atoms with van der Waals surface area (Å²) in [5, 5.41) is 3.59. The quantitative estimate of drug-likeness (QED) is 0.878. The first-order chi connectivity index (χ1) is 9.20. The van der Waals surface area contributed by atoms with Gasteiger partial charge in [-0.2, -0.15) is 0 Å². The largest absolute Gasteiger partial charge is 0.370 e. The number of hydrogen-bond acceptors (Lipinski definition) is 2. The van der Waals surface area contributed by atoms with E-state index in [0.29, 0.717) is 6.04 Å². The van der Waals surface area contributed by atoms with Crippen LogP contribution in [0, 0.1) is 5.82 Å². The normalized spacial score (nSPS) is 27.4. The van der Waals surface area contributed by atoms with Crippen LogP contribution in [-0.2, 0) is 10.3 Å². The van der Waals surface area contributed by atoms with Crippen LogP contribution in [0.15, 0.2) is 24.3 Å². The molecule has 1 aromatic rings. The van der Waals surface area contributed by atoms with Crippen LogP contribution in [0.1, 0.15) is 45.1 Å². The van der Waals surface area contributed by atoms with E-state index >= 15 is 0 Å². The molecule has 2 nitrogen and oxygen atoms in total. The van der Waals surface area contributed by atoms with Gasteiger partial charge in [-0.1, -0.05) is 26.0 Å². The molecule has 0 aliphatic carbocycles. The number of nitrogens with one attached hydrogen (secondary N) is 1. The summed E-state index contributed by atoms with van der Waals surface area (Å²) in [6.45, 7) is 6.14. The molecule has 0 aromatic heterocycles. The van der Waals surface area contributed by atoms with Gasteiger partial charge in [0.2, 0.25) is 0 Å². The highest BCUT2D eigenvalue weighted by Gasteiger charge is 2.37. The van der Waals surface area contributed by atoms with Crippen LogP contribution >= 0.6 is 0 Å². The second-order valence-corrected chi connectivity index (χ2v) is 5.35. The molecule has 0 amide bonds. The molecule has 3 heteroatoms. The summed E-state index contributed by atoms with van der Waals surface area (Å²) in [4.78, 5) is 0. The van der Waals surface area contributed by atoms with Gasteiger partial charge >= 0.3 is 0 Å². The number of benzene rings is 1. The molecule has 1 aliphatic heterocycles. The Morgan fingerprint density at radius 3 is 2.68 bits per heavy atom. The summed E-state index contributed by atoms with van der Waals surface area (Å²) in [7, 11) is 0. The van der Waals surface area contributed by atoms with Crippen molar-refractivity contribution in [1.29, 1.82) is 0 Å². The molecular weight excluding hydrogens is 241 g/mol. The van der Waals surface area contributed by atoms with Crippen LogP contribution < -0.4 is 5.32 Å². The predicted molar refractivity (Wildman–Crippen MR) is 75.6 cm³/mol. The van der Waals surface area contributed by atoms with E-state index in [4.69, 9.17) is 4.74 Å². The topological polar surface area (TPSA) is 21.3 Å². The zero-order valence-corrected chi connectivity index (χ0v) is 11.9. The Morgan fingerprint density at radius 2 is 2.05 bits per heavy atom. The Hall–Kier alpha value is -0.930. The van der Waals surface area contributed by atoms with Gasteiger partial charge in [-0.25, -0.2) is 4.39 Å². The van der Waals surface area contributed by atoms with Crippen molar-refractivity contribution in [1.82, 2.24) is 5.32 Å². The van der Waals surface area contributed by atoms with Gasteiger partial charge in [0.05, 0.1) is 5.60 Å². The van der Waals surface area contributed by atoms with Crippen molar-refractivity contribution in [2.75, 3.05) is 13.2 Å². The van der Waals surface area contributed by atoms with Crippen molar-refractivity contribution in [3.05, 3.63) is 35.6 Å². The molecule has 19 heavy (non-hydrogen) atoms. The standard InChI is InChI=1S/C16H24FNO/c1-3-10-18-15-9-11-19-16(4-2,12-15)13-5-7-14(17)8-6-13/h5-8,15,18H,3-4,9-12H2,1-2H3.